The number of halogens is 1. The van der Waals surface area contributed by atoms with E-state index in [2.05, 4.69) is 11.1 Å². The fraction of sp³-hybridized carbons (Fsp3) is 0.111. The van der Waals surface area contributed by atoms with Crippen molar-refractivity contribution in [2.75, 3.05) is 0 Å². The predicted octanol–water partition coefficient (Wildman–Crippen LogP) is 4.55. The van der Waals surface area contributed by atoms with Crippen LogP contribution in [0.2, 0.25) is 0 Å². The van der Waals surface area contributed by atoms with Crippen molar-refractivity contribution in [3.63, 3.8) is 0 Å². The van der Waals surface area contributed by atoms with Crippen LogP contribution >= 0.6 is 11.3 Å². The minimum absolute atomic E-state index is 0.312. The smallest absolute Gasteiger partial charge is 0.338 e. The normalized spacial score (nSPS) is 10.7. The van der Waals surface area contributed by atoms with Crippen molar-refractivity contribution >= 4 is 17.3 Å². The van der Waals surface area contributed by atoms with E-state index < -0.39 is 11.8 Å². The lowest BCUT2D eigenvalue weighted by molar-refractivity contribution is 0.0692. The standard InChI is InChI=1S/C18H14FNO2S/c1-11-3-2-4-13(7-11)16-10-23-17(20-16)9-12-5-6-14(18(21)22)15(19)8-12/h2-8,10H,9H2,1H3,(H,21,22). The van der Waals surface area contributed by atoms with E-state index in [1.807, 2.05) is 30.5 Å². The largest absolute Gasteiger partial charge is 0.478 e. The van der Waals surface area contributed by atoms with Crippen LogP contribution in [0.1, 0.15) is 26.5 Å². The van der Waals surface area contributed by atoms with E-state index in [1.165, 1.54) is 29.0 Å². The maximum absolute atomic E-state index is 13.7. The summed E-state index contributed by atoms with van der Waals surface area (Å²) in [7, 11) is 0. The number of hydrogen-bond donors (Lipinski definition) is 1. The Morgan fingerprint density at radius 1 is 1.26 bits per heavy atom. The Morgan fingerprint density at radius 2 is 2.09 bits per heavy atom. The Kier molecular flexibility index (Phi) is 4.21. The first-order valence-electron chi connectivity index (χ1n) is 7.06. The molecule has 0 aliphatic heterocycles. The molecule has 116 valence electrons. The molecule has 0 atom stereocenters. The van der Waals surface area contributed by atoms with Crippen molar-refractivity contribution in [3.05, 3.63) is 75.4 Å². The van der Waals surface area contributed by atoms with Gasteiger partial charge in [0.2, 0.25) is 0 Å². The van der Waals surface area contributed by atoms with Crippen molar-refractivity contribution in [2.24, 2.45) is 0 Å². The Bertz CT molecular complexity index is 873. The molecule has 0 aliphatic rings. The molecule has 0 amide bonds. The lowest BCUT2D eigenvalue weighted by Crippen LogP contribution is -2.01. The Labute approximate surface area is 137 Å². The van der Waals surface area contributed by atoms with Gasteiger partial charge in [0.1, 0.15) is 5.82 Å². The number of benzene rings is 2. The zero-order chi connectivity index (χ0) is 16.4. The molecule has 0 bridgehead atoms. The Morgan fingerprint density at radius 3 is 2.78 bits per heavy atom. The van der Waals surface area contributed by atoms with Gasteiger partial charge in [-0.1, -0.05) is 29.8 Å². The van der Waals surface area contributed by atoms with Crippen LogP contribution in [0.4, 0.5) is 4.39 Å². The van der Waals surface area contributed by atoms with Crippen molar-refractivity contribution in [2.45, 2.75) is 13.3 Å². The highest BCUT2D eigenvalue weighted by atomic mass is 32.1. The van der Waals surface area contributed by atoms with Gasteiger partial charge < -0.3 is 5.11 Å². The molecule has 0 radical (unpaired) electrons. The molecule has 3 aromatic rings. The zero-order valence-corrected chi connectivity index (χ0v) is 13.2. The van der Waals surface area contributed by atoms with Gasteiger partial charge in [-0.3, -0.25) is 0 Å². The molecule has 1 heterocycles. The summed E-state index contributed by atoms with van der Waals surface area (Å²) in [5.74, 6) is -1.98. The summed E-state index contributed by atoms with van der Waals surface area (Å²) in [6.07, 6.45) is 0.479. The second-order valence-corrected chi connectivity index (χ2v) is 6.23. The van der Waals surface area contributed by atoms with Crippen molar-refractivity contribution < 1.29 is 14.3 Å². The van der Waals surface area contributed by atoms with Crippen LogP contribution in [0.3, 0.4) is 0 Å². The fourth-order valence-corrected chi connectivity index (χ4v) is 3.18. The van der Waals surface area contributed by atoms with Crippen LogP contribution in [0.25, 0.3) is 11.3 Å². The number of rotatable bonds is 4. The molecule has 0 spiro atoms. The quantitative estimate of drug-likeness (QED) is 0.765. The predicted molar refractivity (Wildman–Crippen MR) is 88.5 cm³/mol. The second kappa shape index (κ2) is 6.30. The summed E-state index contributed by atoms with van der Waals surface area (Å²) in [6, 6.07) is 12.3. The zero-order valence-electron chi connectivity index (χ0n) is 12.4. The SMILES string of the molecule is Cc1cccc(-c2csc(Cc3ccc(C(=O)O)c(F)c3)n2)c1. The third-order valence-electron chi connectivity index (χ3n) is 3.48. The number of carboxylic acid groups (broad SMARTS) is 1. The summed E-state index contributed by atoms with van der Waals surface area (Å²) in [5, 5.41) is 11.7. The molecule has 0 saturated heterocycles. The molecule has 2 aromatic carbocycles. The highest BCUT2D eigenvalue weighted by Gasteiger charge is 2.12. The van der Waals surface area contributed by atoms with Gasteiger partial charge in [0.05, 0.1) is 16.3 Å². The summed E-state index contributed by atoms with van der Waals surface area (Å²) in [6.45, 7) is 2.03. The molecule has 5 heteroatoms. The van der Waals surface area contributed by atoms with Gasteiger partial charge in [-0.05, 0) is 30.7 Å². The molecule has 3 rings (SSSR count). The number of aromatic nitrogens is 1. The first kappa shape index (κ1) is 15.4. The number of thiazole rings is 1. The molecule has 23 heavy (non-hydrogen) atoms. The lowest BCUT2D eigenvalue weighted by Gasteiger charge is -2.02. The van der Waals surface area contributed by atoms with E-state index in [0.29, 0.717) is 12.0 Å². The number of carboxylic acids is 1. The van der Waals surface area contributed by atoms with E-state index in [-0.39, 0.29) is 5.56 Å². The average Bonchev–Trinajstić information content (AvgIpc) is 2.95. The van der Waals surface area contributed by atoms with E-state index in [9.17, 15) is 9.18 Å². The van der Waals surface area contributed by atoms with E-state index in [4.69, 9.17) is 5.11 Å². The van der Waals surface area contributed by atoms with Gasteiger partial charge in [0.25, 0.3) is 0 Å². The van der Waals surface area contributed by atoms with Crippen LogP contribution in [-0.4, -0.2) is 16.1 Å². The number of aryl methyl sites for hydroxylation is 1. The van der Waals surface area contributed by atoms with E-state index in [0.717, 1.165) is 16.3 Å². The van der Waals surface area contributed by atoms with Gasteiger partial charge in [0.15, 0.2) is 0 Å². The Balaban J connectivity index is 1.82. The molecule has 1 N–H and O–H groups in total. The molecule has 3 nitrogen and oxygen atoms in total. The average molecular weight is 327 g/mol. The molecule has 0 saturated carbocycles. The van der Waals surface area contributed by atoms with Crippen molar-refractivity contribution in [1.29, 1.82) is 0 Å². The number of aromatic carboxylic acids is 1. The molecule has 0 aliphatic carbocycles. The summed E-state index contributed by atoms with van der Waals surface area (Å²) in [5.41, 5.74) is 3.52. The monoisotopic (exact) mass is 327 g/mol. The fourth-order valence-electron chi connectivity index (χ4n) is 2.35. The summed E-state index contributed by atoms with van der Waals surface area (Å²) < 4.78 is 13.7. The lowest BCUT2D eigenvalue weighted by atomic mass is 10.1. The maximum Gasteiger partial charge on any atom is 0.338 e. The number of hydrogen-bond acceptors (Lipinski definition) is 3. The first-order chi connectivity index (χ1) is 11.0. The Hall–Kier alpha value is -2.53. The number of carbonyl (C=O) groups is 1. The summed E-state index contributed by atoms with van der Waals surface area (Å²) in [4.78, 5) is 15.4. The minimum Gasteiger partial charge on any atom is -0.478 e. The minimum atomic E-state index is -1.26. The molecular weight excluding hydrogens is 313 g/mol. The van der Waals surface area contributed by atoms with Gasteiger partial charge in [0, 0.05) is 17.4 Å². The third-order valence-corrected chi connectivity index (χ3v) is 4.33. The molecule has 1 aromatic heterocycles. The molecule has 0 unspecified atom stereocenters. The first-order valence-corrected chi connectivity index (χ1v) is 7.94. The highest BCUT2D eigenvalue weighted by molar-refractivity contribution is 7.10. The van der Waals surface area contributed by atoms with Gasteiger partial charge in [-0.2, -0.15) is 0 Å². The van der Waals surface area contributed by atoms with Crippen LogP contribution in [0, 0.1) is 12.7 Å². The third kappa shape index (κ3) is 3.46. The van der Waals surface area contributed by atoms with Crippen LogP contribution in [0.15, 0.2) is 47.8 Å². The maximum atomic E-state index is 13.7. The summed E-state index contributed by atoms with van der Waals surface area (Å²) >= 11 is 1.51. The van der Waals surface area contributed by atoms with Crippen LogP contribution in [0.5, 0.6) is 0 Å². The van der Waals surface area contributed by atoms with E-state index >= 15 is 0 Å². The van der Waals surface area contributed by atoms with Gasteiger partial charge in [-0.15, -0.1) is 11.3 Å². The molecular formula is C18H14FNO2S. The number of nitrogens with zero attached hydrogens (tertiary/aromatic N) is 1. The van der Waals surface area contributed by atoms with Crippen molar-refractivity contribution in [3.8, 4) is 11.3 Å². The second-order valence-electron chi connectivity index (χ2n) is 5.29. The van der Waals surface area contributed by atoms with Crippen LogP contribution in [-0.2, 0) is 6.42 Å². The van der Waals surface area contributed by atoms with Crippen LogP contribution < -0.4 is 0 Å². The highest BCUT2D eigenvalue weighted by Crippen LogP contribution is 2.24. The van der Waals surface area contributed by atoms with Crippen molar-refractivity contribution in [1.82, 2.24) is 4.98 Å². The van der Waals surface area contributed by atoms with Gasteiger partial charge in [-0.25, -0.2) is 14.2 Å². The van der Waals surface area contributed by atoms with E-state index in [1.54, 1.807) is 6.07 Å². The molecule has 0 fully saturated rings. The topological polar surface area (TPSA) is 50.2 Å². The van der Waals surface area contributed by atoms with Gasteiger partial charge >= 0.3 is 5.97 Å².